The summed E-state index contributed by atoms with van der Waals surface area (Å²) in [7, 11) is 3.45. The van der Waals surface area contributed by atoms with Gasteiger partial charge in [-0.15, -0.1) is 0 Å². The van der Waals surface area contributed by atoms with Crippen LogP contribution in [0.2, 0.25) is 0 Å². The second kappa shape index (κ2) is 7.03. The maximum Gasteiger partial charge on any atom is 0.335 e. The van der Waals surface area contributed by atoms with Crippen molar-refractivity contribution < 1.29 is 19.5 Å². The van der Waals surface area contributed by atoms with Gasteiger partial charge in [0.05, 0.1) is 11.0 Å². The normalized spacial score (nSPS) is 15.8. The van der Waals surface area contributed by atoms with E-state index < -0.39 is 11.4 Å². The molecule has 2 amide bonds. The number of hydrogen-bond acceptors (Lipinski definition) is 3. The summed E-state index contributed by atoms with van der Waals surface area (Å²) < 4.78 is 0. The molecule has 0 unspecified atom stereocenters. The van der Waals surface area contributed by atoms with Gasteiger partial charge >= 0.3 is 5.97 Å². The Morgan fingerprint density at radius 3 is 2.25 bits per heavy atom. The van der Waals surface area contributed by atoms with Gasteiger partial charge in [0.1, 0.15) is 0 Å². The number of hydrogen-bond donors (Lipinski definition) is 2. The van der Waals surface area contributed by atoms with Gasteiger partial charge in [-0.25, -0.2) is 4.79 Å². The lowest BCUT2D eigenvalue weighted by Gasteiger charge is -2.30. The van der Waals surface area contributed by atoms with E-state index in [-0.39, 0.29) is 23.9 Å². The third-order valence-corrected chi connectivity index (χ3v) is 4.59. The van der Waals surface area contributed by atoms with Crippen molar-refractivity contribution in [1.82, 2.24) is 10.2 Å². The molecule has 0 aliphatic heterocycles. The van der Waals surface area contributed by atoms with E-state index in [2.05, 4.69) is 5.32 Å². The fourth-order valence-electron chi connectivity index (χ4n) is 3.38. The lowest BCUT2D eigenvalue weighted by atomic mass is 9.84. The Hall–Kier alpha value is -2.37. The fraction of sp³-hybridized carbons (Fsp3) is 0.500. The minimum atomic E-state index is -1.07. The SMILES string of the molecule is Cc1cc(C(=O)O)cc(C(=O)NCC2(C(=O)N(C)C)CCCC2)c1. The largest absolute Gasteiger partial charge is 0.478 e. The molecule has 0 atom stereocenters. The van der Waals surface area contributed by atoms with Crippen molar-refractivity contribution in [3.63, 3.8) is 0 Å². The van der Waals surface area contributed by atoms with Crippen LogP contribution in [0.25, 0.3) is 0 Å². The van der Waals surface area contributed by atoms with Gasteiger partial charge in [-0.1, -0.05) is 12.8 Å². The first-order valence-electron chi connectivity index (χ1n) is 8.10. The van der Waals surface area contributed by atoms with Crippen LogP contribution in [0.15, 0.2) is 18.2 Å². The predicted molar refractivity (Wildman–Crippen MR) is 90.1 cm³/mol. The van der Waals surface area contributed by atoms with Crippen LogP contribution < -0.4 is 5.32 Å². The number of carboxylic acids is 1. The van der Waals surface area contributed by atoms with Gasteiger partial charge in [0, 0.05) is 26.2 Å². The van der Waals surface area contributed by atoms with E-state index in [1.807, 2.05) is 0 Å². The Labute approximate surface area is 141 Å². The number of aromatic carboxylic acids is 1. The molecule has 130 valence electrons. The number of rotatable bonds is 5. The van der Waals surface area contributed by atoms with E-state index in [0.29, 0.717) is 11.1 Å². The summed E-state index contributed by atoms with van der Waals surface area (Å²) in [5.41, 5.74) is 0.552. The topological polar surface area (TPSA) is 86.7 Å². The van der Waals surface area contributed by atoms with Crippen LogP contribution in [0.1, 0.15) is 52.0 Å². The number of aryl methyl sites for hydroxylation is 1. The van der Waals surface area contributed by atoms with Gasteiger partial charge in [0.15, 0.2) is 0 Å². The molecule has 24 heavy (non-hydrogen) atoms. The highest BCUT2D eigenvalue weighted by atomic mass is 16.4. The van der Waals surface area contributed by atoms with Crippen LogP contribution in [0.5, 0.6) is 0 Å². The van der Waals surface area contributed by atoms with Crippen LogP contribution in [-0.4, -0.2) is 48.4 Å². The second-order valence-electron chi connectivity index (χ2n) is 6.76. The highest BCUT2D eigenvalue weighted by Gasteiger charge is 2.42. The number of carboxylic acid groups (broad SMARTS) is 1. The third-order valence-electron chi connectivity index (χ3n) is 4.59. The van der Waals surface area contributed by atoms with Crippen molar-refractivity contribution in [2.24, 2.45) is 5.41 Å². The molecular weight excluding hydrogens is 308 g/mol. The Balaban J connectivity index is 2.15. The standard InChI is InChI=1S/C18H24N2O4/c1-12-8-13(10-14(9-12)16(22)23)15(21)19-11-18(6-4-5-7-18)17(24)20(2)3/h8-10H,4-7,11H2,1-3H3,(H,19,21)(H,22,23). The van der Waals surface area contributed by atoms with Crippen LogP contribution in [0.4, 0.5) is 0 Å². The molecule has 1 aromatic rings. The van der Waals surface area contributed by atoms with Crippen LogP contribution in [0, 0.1) is 12.3 Å². The van der Waals surface area contributed by atoms with Gasteiger partial charge < -0.3 is 15.3 Å². The predicted octanol–water partition coefficient (Wildman–Crippen LogP) is 2.07. The van der Waals surface area contributed by atoms with Crippen LogP contribution in [0.3, 0.4) is 0 Å². The number of nitrogens with one attached hydrogen (secondary N) is 1. The molecule has 0 heterocycles. The molecule has 1 aliphatic carbocycles. The summed E-state index contributed by atoms with van der Waals surface area (Å²) >= 11 is 0. The Morgan fingerprint density at radius 2 is 1.71 bits per heavy atom. The van der Waals surface area contributed by atoms with Crippen molar-refractivity contribution in [2.75, 3.05) is 20.6 Å². The average Bonchev–Trinajstić information content (AvgIpc) is 3.01. The molecule has 2 rings (SSSR count). The zero-order chi connectivity index (χ0) is 17.9. The van der Waals surface area contributed by atoms with Gasteiger partial charge in [-0.05, 0) is 43.5 Å². The molecule has 0 saturated heterocycles. The minimum Gasteiger partial charge on any atom is -0.478 e. The summed E-state index contributed by atoms with van der Waals surface area (Å²) in [5, 5.41) is 11.9. The first-order valence-corrected chi connectivity index (χ1v) is 8.10. The molecule has 6 heteroatoms. The smallest absolute Gasteiger partial charge is 0.335 e. The Morgan fingerprint density at radius 1 is 1.12 bits per heavy atom. The average molecular weight is 332 g/mol. The zero-order valence-electron chi connectivity index (χ0n) is 14.4. The van der Waals surface area contributed by atoms with Gasteiger partial charge in [-0.3, -0.25) is 9.59 Å². The van der Waals surface area contributed by atoms with Gasteiger partial charge in [0.2, 0.25) is 5.91 Å². The van der Waals surface area contributed by atoms with E-state index >= 15 is 0 Å². The maximum atomic E-state index is 12.5. The van der Waals surface area contributed by atoms with Crippen molar-refractivity contribution in [2.45, 2.75) is 32.6 Å². The highest BCUT2D eigenvalue weighted by Crippen LogP contribution is 2.39. The summed E-state index contributed by atoms with van der Waals surface area (Å²) in [4.78, 5) is 37.6. The molecule has 6 nitrogen and oxygen atoms in total. The fourth-order valence-corrected chi connectivity index (χ4v) is 3.38. The minimum absolute atomic E-state index is 0.0377. The summed E-state index contributed by atoms with van der Waals surface area (Å²) in [6, 6.07) is 4.53. The van der Waals surface area contributed by atoms with Crippen molar-refractivity contribution in [3.05, 3.63) is 34.9 Å². The summed E-state index contributed by atoms with van der Waals surface area (Å²) in [6.45, 7) is 2.02. The summed E-state index contributed by atoms with van der Waals surface area (Å²) in [5.74, 6) is -1.38. The van der Waals surface area contributed by atoms with Gasteiger partial charge in [-0.2, -0.15) is 0 Å². The number of amides is 2. The van der Waals surface area contributed by atoms with Crippen LogP contribution >= 0.6 is 0 Å². The molecule has 0 aromatic heterocycles. The van der Waals surface area contributed by atoms with Crippen molar-refractivity contribution in [1.29, 1.82) is 0 Å². The van der Waals surface area contributed by atoms with Gasteiger partial charge in [0.25, 0.3) is 5.91 Å². The van der Waals surface area contributed by atoms with Crippen molar-refractivity contribution in [3.8, 4) is 0 Å². The number of benzene rings is 1. The van der Waals surface area contributed by atoms with E-state index in [1.165, 1.54) is 12.1 Å². The zero-order valence-corrected chi connectivity index (χ0v) is 14.4. The Bertz CT molecular complexity index is 661. The van der Waals surface area contributed by atoms with E-state index in [0.717, 1.165) is 25.7 Å². The first-order chi connectivity index (χ1) is 11.2. The monoisotopic (exact) mass is 332 g/mol. The third kappa shape index (κ3) is 3.75. The van der Waals surface area contributed by atoms with E-state index in [9.17, 15) is 14.4 Å². The maximum absolute atomic E-state index is 12.5. The molecule has 2 N–H and O–H groups in total. The van der Waals surface area contributed by atoms with Crippen molar-refractivity contribution >= 4 is 17.8 Å². The molecule has 1 aliphatic rings. The molecular formula is C18H24N2O4. The molecule has 1 aromatic carbocycles. The first kappa shape index (κ1) is 18.0. The van der Waals surface area contributed by atoms with E-state index in [1.54, 1.807) is 32.0 Å². The Kier molecular flexibility index (Phi) is 5.26. The molecule has 0 spiro atoms. The van der Waals surface area contributed by atoms with Crippen LogP contribution in [-0.2, 0) is 4.79 Å². The lowest BCUT2D eigenvalue weighted by Crippen LogP contribution is -2.46. The van der Waals surface area contributed by atoms with E-state index in [4.69, 9.17) is 5.11 Å². The quantitative estimate of drug-likeness (QED) is 0.864. The lowest BCUT2D eigenvalue weighted by molar-refractivity contribution is -0.138. The molecule has 0 radical (unpaired) electrons. The number of nitrogens with zero attached hydrogens (tertiary/aromatic N) is 1. The highest BCUT2D eigenvalue weighted by molar-refractivity contribution is 5.98. The molecule has 0 bridgehead atoms. The molecule has 1 saturated carbocycles. The molecule has 1 fully saturated rings. The summed E-state index contributed by atoms with van der Waals surface area (Å²) in [6.07, 6.45) is 3.48. The second-order valence-corrected chi connectivity index (χ2v) is 6.76. The number of carbonyl (C=O) groups is 3. The number of carbonyl (C=O) groups excluding carboxylic acids is 2.